The summed E-state index contributed by atoms with van der Waals surface area (Å²) in [4.78, 5) is 10.6. The van der Waals surface area contributed by atoms with Crippen LogP contribution in [-0.2, 0) is 11.2 Å². The summed E-state index contributed by atoms with van der Waals surface area (Å²) in [5, 5.41) is 17.3. The highest BCUT2D eigenvalue weighted by Crippen LogP contribution is 2.30. The van der Waals surface area contributed by atoms with E-state index in [9.17, 15) is 13.6 Å². The van der Waals surface area contributed by atoms with E-state index in [0.717, 1.165) is 0 Å². The first-order chi connectivity index (χ1) is 7.95. The van der Waals surface area contributed by atoms with E-state index < -0.39 is 24.8 Å². The van der Waals surface area contributed by atoms with Crippen molar-refractivity contribution in [2.45, 2.75) is 13.0 Å². The van der Waals surface area contributed by atoms with Crippen LogP contribution in [0.1, 0.15) is 11.1 Å². The van der Waals surface area contributed by atoms with Crippen molar-refractivity contribution in [2.24, 2.45) is 0 Å². The molecule has 7 heteroatoms. The molecule has 5 nitrogen and oxygen atoms in total. The second-order valence-corrected chi connectivity index (χ2v) is 3.07. The molecule has 0 fully saturated rings. The third-order valence-electron chi connectivity index (χ3n) is 1.95. The lowest BCUT2D eigenvalue weighted by atomic mass is 10.0. The molecule has 0 saturated carbocycles. The Labute approximate surface area is 95.0 Å². The molecule has 0 aromatic heterocycles. The van der Waals surface area contributed by atoms with Crippen LogP contribution >= 0.6 is 0 Å². The van der Waals surface area contributed by atoms with Crippen LogP contribution in [0.15, 0.2) is 12.1 Å². The number of nitrogen functional groups attached to an aromatic ring is 1. The Morgan fingerprint density at radius 1 is 1.59 bits per heavy atom. The second kappa shape index (κ2) is 5.12. The standard InChI is InChI=1S/C10H8F2N2O3/c11-10(12)17-9-5(4-13)1-2-7(14)6(9)3-8(15)16/h1-2,10H,3,14H2,(H,15,16). The first kappa shape index (κ1) is 12.7. The summed E-state index contributed by atoms with van der Waals surface area (Å²) in [6.07, 6.45) is -0.594. The molecule has 0 aliphatic rings. The summed E-state index contributed by atoms with van der Waals surface area (Å²) in [7, 11) is 0. The number of alkyl halides is 2. The monoisotopic (exact) mass is 242 g/mol. The number of ether oxygens (including phenoxy) is 1. The first-order valence-electron chi connectivity index (χ1n) is 4.43. The van der Waals surface area contributed by atoms with Gasteiger partial charge in [-0.05, 0) is 12.1 Å². The molecule has 1 aromatic carbocycles. The van der Waals surface area contributed by atoms with E-state index in [1.165, 1.54) is 12.1 Å². The molecule has 17 heavy (non-hydrogen) atoms. The number of nitriles is 1. The van der Waals surface area contributed by atoms with Gasteiger partial charge in [-0.15, -0.1) is 0 Å². The molecule has 0 atom stereocenters. The molecule has 0 radical (unpaired) electrons. The molecular weight excluding hydrogens is 234 g/mol. The van der Waals surface area contributed by atoms with Crippen molar-refractivity contribution >= 4 is 11.7 Å². The maximum absolute atomic E-state index is 12.2. The molecule has 0 aliphatic heterocycles. The highest BCUT2D eigenvalue weighted by molar-refractivity contribution is 5.76. The quantitative estimate of drug-likeness (QED) is 0.777. The average Bonchev–Trinajstić information content (AvgIpc) is 2.22. The zero-order chi connectivity index (χ0) is 13.0. The van der Waals surface area contributed by atoms with Crippen LogP contribution in [0.25, 0.3) is 0 Å². The number of nitrogens with two attached hydrogens (primary N) is 1. The lowest BCUT2D eigenvalue weighted by Crippen LogP contribution is -2.11. The minimum atomic E-state index is -3.16. The number of aliphatic carboxylic acids is 1. The minimum Gasteiger partial charge on any atom is -0.481 e. The van der Waals surface area contributed by atoms with Crippen molar-refractivity contribution in [1.29, 1.82) is 5.26 Å². The number of benzene rings is 1. The SMILES string of the molecule is N#Cc1ccc(N)c(CC(=O)O)c1OC(F)F. The van der Waals surface area contributed by atoms with E-state index in [1.54, 1.807) is 6.07 Å². The number of hydrogen-bond acceptors (Lipinski definition) is 4. The molecule has 0 amide bonds. The Balaban J connectivity index is 3.32. The predicted octanol–water partition coefficient (Wildman–Crippen LogP) is 1.37. The van der Waals surface area contributed by atoms with Gasteiger partial charge in [0.05, 0.1) is 12.0 Å². The summed E-state index contributed by atoms with van der Waals surface area (Å²) in [5.41, 5.74) is 5.15. The molecule has 0 aliphatic carbocycles. The van der Waals surface area contributed by atoms with Crippen LogP contribution in [0.2, 0.25) is 0 Å². The number of carboxylic acid groups (broad SMARTS) is 1. The van der Waals surface area contributed by atoms with Crippen LogP contribution in [0.5, 0.6) is 5.75 Å². The van der Waals surface area contributed by atoms with Crippen LogP contribution in [0.4, 0.5) is 14.5 Å². The summed E-state index contributed by atoms with van der Waals surface area (Å²) in [5.74, 6) is -1.74. The third kappa shape index (κ3) is 3.04. The molecular formula is C10H8F2N2O3. The van der Waals surface area contributed by atoms with Crippen LogP contribution in [0, 0.1) is 11.3 Å². The molecule has 0 bridgehead atoms. The van der Waals surface area contributed by atoms with Gasteiger partial charge < -0.3 is 15.6 Å². The molecule has 1 aromatic rings. The van der Waals surface area contributed by atoms with Crippen molar-refractivity contribution in [1.82, 2.24) is 0 Å². The van der Waals surface area contributed by atoms with Gasteiger partial charge in [0.25, 0.3) is 0 Å². The first-order valence-corrected chi connectivity index (χ1v) is 4.43. The number of nitrogens with zero attached hydrogens (tertiary/aromatic N) is 1. The predicted molar refractivity (Wildman–Crippen MR) is 53.5 cm³/mol. The number of carboxylic acids is 1. The molecule has 3 N–H and O–H groups in total. The van der Waals surface area contributed by atoms with Gasteiger partial charge in [-0.1, -0.05) is 0 Å². The molecule has 0 heterocycles. The lowest BCUT2D eigenvalue weighted by molar-refractivity contribution is -0.136. The number of halogens is 2. The minimum absolute atomic E-state index is 0.0120. The van der Waals surface area contributed by atoms with Gasteiger partial charge in [0, 0.05) is 11.3 Å². The van der Waals surface area contributed by atoms with Gasteiger partial charge in [-0.3, -0.25) is 4.79 Å². The van der Waals surface area contributed by atoms with E-state index in [4.69, 9.17) is 16.1 Å². The lowest BCUT2D eigenvalue weighted by Gasteiger charge is -2.13. The zero-order valence-corrected chi connectivity index (χ0v) is 8.48. The van der Waals surface area contributed by atoms with Crippen LogP contribution < -0.4 is 10.5 Å². The molecule has 90 valence electrons. The third-order valence-corrected chi connectivity index (χ3v) is 1.95. The van der Waals surface area contributed by atoms with Gasteiger partial charge >= 0.3 is 12.6 Å². The van der Waals surface area contributed by atoms with Gasteiger partial charge in [-0.25, -0.2) is 0 Å². The fraction of sp³-hybridized carbons (Fsp3) is 0.200. The van der Waals surface area contributed by atoms with E-state index in [2.05, 4.69) is 4.74 Å². The van der Waals surface area contributed by atoms with Crippen molar-refractivity contribution < 1.29 is 23.4 Å². The number of rotatable bonds is 4. The molecule has 1 rings (SSSR count). The smallest absolute Gasteiger partial charge is 0.387 e. The average molecular weight is 242 g/mol. The van der Waals surface area contributed by atoms with Gasteiger partial charge in [0.2, 0.25) is 0 Å². The largest absolute Gasteiger partial charge is 0.481 e. The Kier molecular flexibility index (Phi) is 3.82. The van der Waals surface area contributed by atoms with Crippen LogP contribution in [0.3, 0.4) is 0 Å². The number of carbonyl (C=O) groups is 1. The summed E-state index contributed by atoms with van der Waals surface area (Å²) >= 11 is 0. The van der Waals surface area contributed by atoms with E-state index in [1.807, 2.05) is 0 Å². The van der Waals surface area contributed by atoms with Crippen LogP contribution in [-0.4, -0.2) is 17.7 Å². The van der Waals surface area contributed by atoms with Crippen molar-refractivity contribution in [2.75, 3.05) is 5.73 Å². The van der Waals surface area contributed by atoms with Gasteiger partial charge in [0.1, 0.15) is 11.8 Å². The normalized spacial score (nSPS) is 10.0. The fourth-order valence-electron chi connectivity index (χ4n) is 1.29. The molecule has 0 unspecified atom stereocenters. The summed E-state index contributed by atoms with van der Waals surface area (Å²) in [6, 6.07) is 4.10. The van der Waals surface area contributed by atoms with Crippen molar-refractivity contribution in [3.63, 3.8) is 0 Å². The van der Waals surface area contributed by atoms with Crippen molar-refractivity contribution in [3.05, 3.63) is 23.3 Å². The maximum atomic E-state index is 12.2. The van der Waals surface area contributed by atoms with Gasteiger partial charge in [0.15, 0.2) is 0 Å². The Morgan fingerprint density at radius 2 is 2.24 bits per heavy atom. The van der Waals surface area contributed by atoms with E-state index in [-0.39, 0.29) is 16.8 Å². The zero-order valence-electron chi connectivity index (χ0n) is 8.48. The fourth-order valence-corrected chi connectivity index (χ4v) is 1.29. The van der Waals surface area contributed by atoms with Gasteiger partial charge in [-0.2, -0.15) is 14.0 Å². The maximum Gasteiger partial charge on any atom is 0.387 e. The Morgan fingerprint density at radius 3 is 2.71 bits per heavy atom. The summed E-state index contributed by atoms with van der Waals surface area (Å²) in [6.45, 7) is -3.16. The van der Waals surface area contributed by atoms with E-state index >= 15 is 0 Å². The molecule has 0 saturated heterocycles. The number of anilines is 1. The molecule has 0 spiro atoms. The Hall–Kier alpha value is -2.36. The Bertz CT molecular complexity index is 483. The second-order valence-electron chi connectivity index (χ2n) is 3.07. The highest BCUT2D eigenvalue weighted by Gasteiger charge is 2.19. The topological polar surface area (TPSA) is 96.3 Å². The number of hydrogen-bond donors (Lipinski definition) is 2. The van der Waals surface area contributed by atoms with Crippen molar-refractivity contribution in [3.8, 4) is 11.8 Å². The van der Waals surface area contributed by atoms with E-state index in [0.29, 0.717) is 0 Å². The summed E-state index contributed by atoms with van der Waals surface area (Å²) < 4.78 is 28.5. The highest BCUT2D eigenvalue weighted by atomic mass is 19.3.